The molecule has 1 saturated heterocycles. The molecule has 3 aromatic rings. The highest BCUT2D eigenvalue weighted by molar-refractivity contribution is 5.92. The maximum atomic E-state index is 14.7. The van der Waals surface area contributed by atoms with E-state index in [2.05, 4.69) is 10.6 Å². The lowest BCUT2D eigenvalue weighted by Gasteiger charge is -2.24. The number of morpholine rings is 1. The molecule has 184 valence electrons. The lowest BCUT2D eigenvalue weighted by molar-refractivity contribution is -0.116. The van der Waals surface area contributed by atoms with Crippen LogP contribution in [0.5, 0.6) is 0 Å². The predicted octanol–water partition coefficient (Wildman–Crippen LogP) is 5.66. The highest BCUT2D eigenvalue weighted by Crippen LogP contribution is 2.31. The Balaban J connectivity index is 1.53. The average molecular weight is 479 g/mol. The second-order valence-corrected chi connectivity index (χ2v) is 9.23. The number of hydrogen-bond donors (Lipinski definition) is 2. The van der Waals surface area contributed by atoms with E-state index in [4.69, 9.17) is 4.74 Å². The molecule has 1 heterocycles. The molecule has 3 aromatic carbocycles. The van der Waals surface area contributed by atoms with Gasteiger partial charge in [-0.1, -0.05) is 48.0 Å². The molecule has 2 atom stereocenters. The third-order valence-corrected chi connectivity index (χ3v) is 6.53. The Morgan fingerprint density at radius 3 is 2.60 bits per heavy atom. The van der Waals surface area contributed by atoms with Crippen molar-refractivity contribution in [2.75, 3.05) is 25.0 Å². The van der Waals surface area contributed by atoms with Gasteiger partial charge in [-0.2, -0.15) is 0 Å². The zero-order valence-corrected chi connectivity index (χ0v) is 20.2. The van der Waals surface area contributed by atoms with Crippen LogP contribution in [-0.2, 0) is 16.0 Å². The van der Waals surface area contributed by atoms with E-state index in [0.29, 0.717) is 36.3 Å². The molecule has 4 rings (SSSR count). The van der Waals surface area contributed by atoms with E-state index in [1.807, 2.05) is 31.2 Å². The molecular formula is C29H32F2N2O2. The monoisotopic (exact) mass is 478 g/mol. The van der Waals surface area contributed by atoms with Crippen LogP contribution in [0.4, 0.5) is 14.5 Å². The number of amides is 1. The number of carbonyl (C=O) groups is 1. The Bertz CT molecular complexity index is 1180. The van der Waals surface area contributed by atoms with Crippen molar-refractivity contribution in [1.29, 1.82) is 0 Å². The number of hydrogen-bond acceptors (Lipinski definition) is 3. The molecular weight excluding hydrogens is 446 g/mol. The molecule has 6 heteroatoms. The number of carbonyl (C=O) groups excluding carboxylic acids is 1. The van der Waals surface area contributed by atoms with E-state index >= 15 is 0 Å². The van der Waals surface area contributed by atoms with Gasteiger partial charge in [0, 0.05) is 36.7 Å². The lowest BCUT2D eigenvalue weighted by atomic mass is 9.86. The summed E-state index contributed by atoms with van der Waals surface area (Å²) in [7, 11) is 0. The first kappa shape index (κ1) is 25.0. The molecule has 1 aliphatic heterocycles. The SMILES string of the molecule is Cc1cccc([C@@H](CC(=O)Nc2cccc(F)c2CC[C@@H]2CNCCO2)c2ccc(F)c(C)c2)c1. The maximum absolute atomic E-state index is 14.7. The van der Waals surface area contributed by atoms with Gasteiger partial charge in [0.2, 0.25) is 5.91 Å². The van der Waals surface area contributed by atoms with Crippen molar-refractivity contribution in [2.24, 2.45) is 0 Å². The summed E-state index contributed by atoms with van der Waals surface area (Å²) in [6.07, 6.45) is 1.31. The molecule has 0 bridgehead atoms. The molecule has 0 saturated carbocycles. The lowest BCUT2D eigenvalue weighted by Crippen LogP contribution is -2.38. The zero-order valence-electron chi connectivity index (χ0n) is 20.2. The van der Waals surface area contributed by atoms with E-state index < -0.39 is 0 Å². The summed E-state index contributed by atoms with van der Waals surface area (Å²) in [4.78, 5) is 13.2. The van der Waals surface area contributed by atoms with Crippen molar-refractivity contribution >= 4 is 11.6 Å². The quantitative estimate of drug-likeness (QED) is 0.439. The number of halogens is 2. The molecule has 0 aliphatic carbocycles. The Morgan fingerprint density at radius 1 is 1.06 bits per heavy atom. The van der Waals surface area contributed by atoms with Gasteiger partial charge in [0.05, 0.1) is 12.7 Å². The number of rotatable bonds is 8. The second-order valence-electron chi connectivity index (χ2n) is 9.23. The highest BCUT2D eigenvalue weighted by atomic mass is 19.1. The first-order chi connectivity index (χ1) is 16.9. The van der Waals surface area contributed by atoms with Crippen LogP contribution >= 0.6 is 0 Å². The Hall–Kier alpha value is -3.09. The first-order valence-corrected chi connectivity index (χ1v) is 12.1. The first-order valence-electron chi connectivity index (χ1n) is 12.1. The average Bonchev–Trinajstić information content (AvgIpc) is 2.84. The largest absolute Gasteiger partial charge is 0.376 e. The van der Waals surface area contributed by atoms with Crippen molar-refractivity contribution in [1.82, 2.24) is 5.32 Å². The summed E-state index contributed by atoms with van der Waals surface area (Å²) in [5, 5.41) is 6.22. The zero-order chi connectivity index (χ0) is 24.8. The van der Waals surface area contributed by atoms with Crippen LogP contribution in [0.25, 0.3) is 0 Å². The van der Waals surface area contributed by atoms with Gasteiger partial charge >= 0.3 is 0 Å². The van der Waals surface area contributed by atoms with E-state index in [1.165, 1.54) is 12.1 Å². The molecule has 4 nitrogen and oxygen atoms in total. The highest BCUT2D eigenvalue weighted by Gasteiger charge is 2.21. The maximum Gasteiger partial charge on any atom is 0.225 e. The van der Waals surface area contributed by atoms with Crippen molar-refractivity contribution in [3.05, 3.63) is 100 Å². The van der Waals surface area contributed by atoms with E-state index in [0.717, 1.165) is 29.8 Å². The van der Waals surface area contributed by atoms with Gasteiger partial charge in [0.1, 0.15) is 11.6 Å². The van der Waals surface area contributed by atoms with Crippen LogP contribution in [0.2, 0.25) is 0 Å². The Kier molecular flexibility index (Phi) is 8.26. The van der Waals surface area contributed by atoms with Gasteiger partial charge in [-0.05, 0) is 61.6 Å². The molecule has 0 aromatic heterocycles. The summed E-state index contributed by atoms with van der Waals surface area (Å²) in [5.41, 5.74) is 4.43. The number of aryl methyl sites for hydroxylation is 2. The van der Waals surface area contributed by atoms with Crippen LogP contribution in [0.3, 0.4) is 0 Å². The molecule has 0 spiro atoms. The number of benzene rings is 3. The molecule has 0 radical (unpaired) electrons. The summed E-state index contributed by atoms with van der Waals surface area (Å²) in [6.45, 7) is 5.94. The van der Waals surface area contributed by atoms with E-state index in [9.17, 15) is 13.6 Å². The van der Waals surface area contributed by atoms with Crippen molar-refractivity contribution in [3.63, 3.8) is 0 Å². The van der Waals surface area contributed by atoms with Gasteiger partial charge in [0.25, 0.3) is 0 Å². The summed E-state index contributed by atoms with van der Waals surface area (Å²) >= 11 is 0. The van der Waals surface area contributed by atoms with Crippen LogP contribution in [0.1, 0.15) is 46.6 Å². The summed E-state index contributed by atoms with van der Waals surface area (Å²) < 4.78 is 34.4. The Morgan fingerprint density at radius 2 is 1.86 bits per heavy atom. The number of anilines is 1. The Labute approximate surface area is 205 Å². The third kappa shape index (κ3) is 6.53. The minimum Gasteiger partial charge on any atom is -0.376 e. The molecule has 0 unspecified atom stereocenters. The molecule has 2 N–H and O–H groups in total. The second kappa shape index (κ2) is 11.6. The van der Waals surface area contributed by atoms with Crippen molar-refractivity contribution in [3.8, 4) is 0 Å². The normalized spacial score (nSPS) is 16.6. The van der Waals surface area contributed by atoms with Gasteiger partial charge in [0.15, 0.2) is 0 Å². The molecule has 1 amide bonds. The molecule has 35 heavy (non-hydrogen) atoms. The summed E-state index contributed by atoms with van der Waals surface area (Å²) in [5.74, 6) is -1.09. The van der Waals surface area contributed by atoms with Gasteiger partial charge < -0.3 is 15.4 Å². The smallest absolute Gasteiger partial charge is 0.225 e. The standard InChI is InChI=1S/C29H32F2N2O2/c1-19-5-3-6-21(15-19)25(22-9-12-26(30)20(2)16-22)17-29(34)33-28-8-4-7-27(31)24(28)11-10-23-18-32-13-14-35-23/h3-9,12,15-16,23,25,32H,10-11,13-14,17-18H2,1-2H3,(H,33,34)/t23-,25-/m1/s1. The fourth-order valence-electron chi connectivity index (χ4n) is 4.63. The fraction of sp³-hybridized carbons (Fsp3) is 0.345. The van der Waals surface area contributed by atoms with Crippen molar-refractivity contribution < 1.29 is 18.3 Å². The van der Waals surface area contributed by atoms with Gasteiger partial charge in [-0.25, -0.2) is 8.78 Å². The molecule has 1 aliphatic rings. The van der Waals surface area contributed by atoms with E-state index in [-0.39, 0.29) is 36.0 Å². The van der Waals surface area contributed by atoms with Crippen LogP contribution < -0.4 is 10.6 Å². The predicted molar refractivity (Wildman–Crippen MR) is 135 cm³/mol. The third-order valence-electron chi connectivity index (χ3n) is 6.53. The number of ether oxygens (including phenoxy) is 1. The van der Waals surface area contributed by atoms with Crippen molar-refractivity contribution in [2.45, 2.75) is 45.1 Å². The van der Waals surface area contributed by atoms with E-state index in [1.54, 1.807) is 31.2 Å². The minimum absolute atomic E-state index is 0.0272. The molecule has 1 fully saturated rings. The van der Waals surface area contributed by atoms with Crippen LogP contribution in [0, 0.1) is 25.5 Å². The summed E-state index contributed by atoms with van der Waals surface area (Å²) in [6, 6.07) is 17.7. The van der Waals surface area contributed by atoms with Crippen LogP contribution in [-0.4, -0.2) is 31.7 Å². The van der Waals surface area contributed by atoms with Gasteiger partial charge in [-0.15, -0.1) is 0 Å². The number of nitrogens with one attached hydrogen (secondary N) is 2. The fourth-order valence-corrected chi connectivity index (χ4v) is 4.63. The van der Waals surface area contributed by atoms with Crippen LogP contribution in [0.15, 0.2) is 60.7 Å². The minimum atomic E-state index is -0.337. The topological polar surface area (TPSA) is 50.4 Å². The van der Waals surface area contributed by atoms with Gasteiger partial charge in [-0.3, -0.25) is 4.79 Å².